The Morgan fingerprint density at radius 2 is 2.11 bits per heavy atom. The van der Waals surface area contributed by atoms with Crippen molar-refractivity contribution in [3.63, 3.8) is 0 Å². The number of benzene rings is 1. The van der Waals surface area contributed by atoms with Crippen molar-refractivity contribution in [2.45, 2.75) is 68.8 Å². The molecule has 0 spiro atoms. The first-order valence-electron chi connectivity index (χ1n) is 12.1. The Hall–Kier alpha value is -1.66. The van der Waals surface area contributed by atoms with Crippen molar-refractivity contribution in [2.24, 2.45) is 16.0 Å². The largest absolute Gasteiger partial charge is 0.443 e. The van der Waals surface area contributed by atoms with E-state index in [0.29, 0.717) is 17.5 Å². The van der Waals surface area contributed by atoms with Crippen molar-refractivity contribution < 1.29 is 23.0 Å². The summed E-state index contributed by atoms with van der Waals surface area (Å²) in [6, 6.07) is 5.20. The molecule has 1 saturated carbocycles. The number of nitrogens with zero attached hydrogens (tertiary/aromatic N) is 5. The van der Waals surface area contributed by atoms with Gasteiger partial charge in [-0.25, -0.2) is 23.5 Å². The zero-order valence-corrected chi connectivity index (χ0v) is 25.5. The van der Waals surface area contributed by atoms with Gasteiger partial charge in [0.2, 0.25) is 0 Å². The molecular formula is C24H34BrF2N5O3SSi. The SMILES string of the molecule is CC(C)(C)OC(=O)N(COCC[Si](C)(C)C)C1=N[C@](CF)(c2cc(Br)ccc2F)[C@@H]2C[C@]2(CN=[N+]=[N-])S1. The monoisotopic (exact) mass is 617 g/mol. The number of rotatable bonds is 9. The van der Waals surface area contributed by atoms with Crippen LogP contribution in [0.15, 0.2) is 32.8 Å². The average Bonchev–Trinajstić information content (AvgIpc) is 3.52. The highest BCUT2D eigenvalue weighted by Gasteiger charge is 2.68. The molecule has 1 amide bonds. The van der Waals surface area contributed by atoms with Crippen LogP contribution in [0.25, 0.3) is 10.4 Å². The van der Waals surface area contributed by atoms with Gasteiger partial charge in [0, 0.05) is 46.8 Å². The summed E-state index contributed by atoms with van der Waals surface area (Å²) >= 11 is 4.59. The number of amidine groups is 1. The molecule has 8 nitrogen and oxygen atoms in total. The van der Waals surface area contributed by atoms with E-state index >= 15 is 8.78 Å². The summed E-state index contributed by atoms with van der Waals surface area (Å²) in [5.74, 6) is -1.03. The summed E-state index contributed by atoms with van der Waals surface area (Å²) in [6.45, 7) is 11.2. The third-order valence-corrected chi connectivity index (χ3v) is 9.93. The molecule has 13 heteroatoms. The third-order valence-electron chi connectivity index (χ3n) is 6.25. The average molecular weight is 619 g/mol. The number of alkyl halides is 1. The summed E-state index contributed by atoms with van der Waals surface area (Å²) in [6.07, 6.45) is -0.259. The van der Waals surface area contributed by atoms with Crippen LogP contribution in [-0.4, -0.2) is 61.1 Å². The Morgan fingerprint density at radius 3 is 2.70 bits per heavy atom. The lowest BCUT2D eigenvalue weighted by molar-refractivity contribution is 0.0109. The predicted molar refractivity (Wildman–Crippen MR) is 149 cm³/mol. The van der Waals surface area contributed by atoms with E-state index in [-0.39, 0.29) is 24.0 Å². The van der Waals surface area contributed by atoms with Crippen LogP contribution in [0.3, 0.4) is 0 Å². The summed E-state index contributed by atoms with van der Waals surface area (Å²) in [4.78, 5) is 22.2. The first kappa shape index (κ1) is 29.9. The van der Waals surface area contributed by atoms with Gasteiger partial charge in [0.1, 0.15) is 30.4 Å². The van der Waals surface area contributed by atoms with E-state index < -0.39 is 48.5 Å². The summed E-state index contributed by atoms with van der Waals surface area (Å²) < 4.78 is 41.6. The van der Waals surface area contributed by atoms with Gasteiger partial charge in [0.25, 0.3) is 0 Å². The molecule has 204 valence electrons. The third kappa shape index (κ3) is 7.06. The van der Waals surface area contributed by atoms with Gasteiger partial charge < -0.3 is 9.47 Å². The number of thioether (sulfide) groups is 1. The summed E-state index contributed by atoms with van der Waals surface area (Å²) in [5, 5.41) is 3.91. The molecule has 0 saturated heterocycles. The van der Waals surface area contributed by atoms with Crippen LogP contribution in [0.5, 0.6) is 0 Å². The van der Waals surface area contributed by atoms with E-state index in [9.17, 15) is 4.79 Å². The molecule has 3 rings (SSSR count). The van der Waals surface area contributed by atoms with Crippen LogP contribution in [0.2, 0.25) is 25.7 Å². The molecule has 0 bridgehead atoms. The van der Waals surface area contributed by atoms with Crippen molar-refractivity contribution >= 4 is 47.0 Å². The van der Waals surface area contributed by atoms with E-state index in [1.165, 1.54) is 34.9 Å². The molecule has 1 fully saturated rings. The fourth-order valence-electron chi connectivity index (χ4n) is 4.24. The van der Waals surface area contributed by atoms with Crippen molar-refractivity contribution in [3.05, 3.63) is 44.5 Å². The molecule has 3 atom stereocenters. The number of hydrogen-bond acceptors (Lipinski definition) is 6. The Balaban J connectivity index is 2.08. The standard InChI is InChI=1S/C24H34BrF2N5O3SSi/c1-22(2,3)35-21(33)32(15-34-9-10-37(4,5)6)20-30-24(13-26,17-11-16(25)7-8-18(17)27)19-12-23(19,36-20)14-29-31-28/h7-8,11,19H,9-10,12-15H2,1-6H3/t19-,23-,24-/m1/s1. The van der Waals surface area contributed by atoms with Crippen molar-refractivity contribution in [1.29, 1.82) is 0 Å². The van der Waals surface area contributed by atoms with Crippen LogP contribution in [0.1, 0.15) is 32.8 Å². The number of amides is 1. The lowest BCUT2D eigenvalue weighted by Crippen LogP contribution is -2.47. The normalized spacial score (nSPS) is 25.0. The minimum absolute atomic E-state index is 0.0495. The zero-order chi connectivity index (χ0) is 27.6. The second kappa shape index (κ2) is 11.2. The number of halogens is 3. The van der Waals surface area contributed by atoms with Crippen molar-refractivity contribution in [3.8, 4) is 0 Å². The molecule has 1 heterocycles. The van der Waals surface area contributed by atoms with Gasteiger partial charge in [-0.1, -0.05) is 52.4 Å². The van der Waals surface area contributed by atoms with Crippen molar-refractivity contribution in [2.75, 3.05) is 26.6 Å². The van der Waals surface area contributed by atoms with Crippen molar-refractivity contribution in [1.82, 2.24) is 4.90 Å². The Bertz CT molecular complexity index is 1110. The fraction of sp³-hybridized carbons (Fsp3) is 0.667. The van der Waals surface area contributed by atoms with Crippen LogP contribution in [0, 0.1) is 11.7 Å². The van der Waals surface area contributed by atoms with Gasteiger partial charge in [-0.2, -0.15) is 0 Å². The van der Waals surface area contributed by atoms with E-state index in [0.717, 1.165) is 6.04 Å². The van der Waals surface area contributed by atoms with Crippen LogP contribution in [-0.2, 0) is 15.0 Å². The molecular weight excluding hydrogens is 584 g/mol. The second-order valence-electron chi connectivity index (χ2n) is 11.6. The van der Waals surface area contributed by atoms with Gasteiger partial charge >= 0.3 is 6.09 Å². The molecule has 37 heavy (non-hydrogen) atoms. The maximum Gasteiger partial charge on any atom is 0.418 e. The molecule has 1 aromatic carbocycles. The molecule has 0 aromatic heterocycles. The minimum atomic E-state index is -1.60. The first-order chi connectivity index (χ1) is 17.2. The maximum absolute atomic E-state index is 15.2. The smallest absolute Gasteiger partial charge is 0.418 e. The van der Waals surface area contributed by atoms with Gasteiger partial charge in [-0.15, -0.1) is 0 Å². The topological polar surface area (TPSA) is 99.9 Å². The number of fused-ring (bicyclic) bond motifs is 1. The first-order valence-corrected chi connectivity index (χ1v) is 17.4. The molecule has 1 aromatic rings. The van der Waals surface area contributed by atoms with Gasteiger partial charge in [0.05, 0.1) is 0 Å². The van der Waals surface area contributed by atoms with Gasteiger partial charge in [-0.3, -0.25) is 0 Å². The number of aliphatic imine (C=N–C) groups is 1. The quantitative estimate of drug-likeness (QED) is 0.0716. The fourth-order valence-corrected chi connectivity index (χ4v) is 6.88. The van der Waals surface area contributed by atoms with E-state index in [1.807, 2.05) is 0 Å². The zero-order valence-electron chi connectivity index (χ0n) is 22.1. The second-order valence-corrected chi connectivity index (χ2v) is 19.6. The van der Waals surface area contributed by atoms with Crippen LogP contribution < -0.4 is 0 Å². The molecule has 1 aliphatic heterocycles. The van der Waals surface area contributed by atoms with E-state index in [2.05, 4.69) is 45.6 Å². The maximum atomic E-state index is 15.2. The number of azide groups is 1. The molecule has 0 radical (unpaired) electrons. The van der Waals surface area contributed by atoms with Crippen LogP contribution in [0.4, 0.5) is 13.6 Å². The molecule has 0 unspecified atom stereocenters. The molecule has 0 N–H and O–H groups in total. The van der Waals surface area contributed by atoms with Crippen LogP contribution >= 0.6 is 27.7 Å². The Morgan fingerprint density at radius 1 is 1.41 bits per heavy atom. The highest BCUT2D eigenvalue weighted by atomic mass is 79.9. The lowest BCUT2D eigenvalue weighted by Gasteiger charge is -2.38. The molecule has 2 aliphatic rings. The predicted octanol–water partition coefficient (Wildman–Crippen LogP) is 7.47. The van der Waals surface area contributed by atoms with Gasteiger partial charge in [-0.05, 0) is 57.0 Å². The lowest BCUT2D eigenvalue weighted by atomic mass is 9.85. The number of carbonyl (C=O) groups excluding carboxylic acids is 1. The highest BCUT2D eigenvalue weighted by molar-refractivity contribution is 9.10. The van der Waals surface area contributed by atoms with E-state index in [1.54, 1.807) is 20.8 Å². The summed E-state index contributed by atoms with van der Waals surface area (Å²) in [7, 11) is -1.39. The van der Waals surface area contributed by atoms with E-state index in [4.69, 9.17) is 20.0 Å². The Kier molecular flexibility index (Phi) is 9.06. The molecule has 1 aliphatic carbocycles. The Labute approximate surface area is 230 Å². The summed E-state index contributed by atoms with van der Waals surface area (Å²) in [5.41, 5.74) is 6.68. The number of carbonyl (C=O) groups is 1. The highest BCUT2D eigenvalue weighted by Crippen LogP contribution is 2.67. The minimum Gasteiger partial charge on any atom is -0.443 e. The number of ether oxygens (including phenoxy) is 2. The van der Waals surface area contributed by atoms with Gasteiger partial charge in [0.15, 0.2) is 5.17 Å². The number of hydrogen-bond donors (Lipinski definition) is 0.